The number of amides is 1. The lowest BCUT2D eigenvalue weighted by molar-refractivity contribution is -0.151. The number of halogens is 1. The summed E-state index contributed by atoms with van der Waals surface area (Å²) in [6.45, 7) is 4.39. The molecule has 10 heteroatoms. The Labute approximate surface area is 186 Å². The van der Waals surface area contributed by atoms with Crippen molar-refractivity contribution in [3.63, 3.8) is 0 Å². The van der Waals surface area contributed by atoms with Gasteiger partial charge in [0, 0.05) is 10.7 Å². The summed E-state index contributed by atoms with van der Waals surface area (Å²) in [5.74, 6) is -1.66. The number of para-hydroxylation sites is 1. The van der Waals surface area contributed by atoms with Crippen molar-refractivity contribution in [1.82, 2.24) is 4.72 Å². The van der Waals surface area contributed by atoms with Gasteiger partial charge in [0.15, 0.2) is 6.61 Å². The molecule has 0 aliphatic carbocycles. The molecule has 2 aromatic rings. The number of anilines is 1. The second kappa shape index (κ2) is 10.7. The van der Waals surface area contributed by atoms with Crippen LogP contribution in [0.4, 0.5) is 5.69 Å². The van der Waals surface area contributed by atoms with Gasteiger partial charge in [0.1, 0.15) is 6.04 Å². The van der Waals surface area contributed by atoms with E-state index in [-0.39, 0.29) is 4.90 Å². The molecule has 1 amide bonds. The Morgan fingerprint density at radius 1 is 1.16 bits per heavy atom. The smallest absolute Gasteiger partial charge is 0.327 e. The highest BCUT2D eigenvalue weighted by Gasteiger charge is 2.31. The highest BCUT2D eigenvalue weighted by atomic mass is 35.5. The van der Waals surface area contributed by atoms with Crippen LogP contribution >= 0.6 is 11.6 Å². The fraction of sp³-hybridized carbons (Fsp3) is 0.333. The van der Waals surface area contributed by atoms with Crippen LogP contribution in [0.1, 0.15) is 25.0 Å². The molecule has 8 nitrogen and oxygen atoms in total. The Morgan fingerprint density at radius 3 is 2.39 bits per heavy atom. The number of hydrogen-bond acceptors (Lipinski definition) is 6. The van der Waals surface area contributed by atoms with Crippen molar-refractivity contribution in [1.29, 1.82) is 0 Å². The third-order valence-corrected chi connectivity index (χ3v) is 6.20. The number of carbonyl (C=O) groups is 2. The molecule has 0 bridgehead atoms. The molecule has 168 valence electrons. The summed E-state index contributed by atoms with van der Waals surface area (Å²) in [7, 11) is -4.14. The molecule has 0 fully saturated rings. The number of aryl methyl sites for hydroxylation is 2. The van der Waals surface area contributed by atoms with Gasteiger partial charge in [-0.15, -0.1) is 0 Å². The number of nitrogens with one attached hydrogen (secondary N) is 2. The molecule has 0 aliphatic rings. The molecule has 0 aromatic heterocycles. The van der Waals surface area contributed by atoms with E-state index >= 15 is 0 Å². The first-order chi connectivity index (χ1) is 14.5. The SMILES string of the molecule is CCc1cccc(C)c1NC(=O)COC(=O)[C@@H](NS(=O)(=O)c1ccc(Cl)cc1)[C@@H](C)O. The van der Waals surface area contributed by atoms with E-state index in [0.29, 0.717) is 17.1 Å². The van der Waals surface area contributed by atoms with Gasteiger partial charge in [-0.3, -0.25) is 9.59 Å². The van der Waals surface area contributed by atoms with E-state index in [1.165, 1.54) is 31.2 Å². The Morgan fingerprint density at radius 2 is 1.81 bits per heavy atom. The summed E-state index contributed by atoms with van der Waals surface area (Å²) >= 11 is 5.76. The van der Waals surface area contributed by atoms with Gasteiger partial charge in [0.25, 0.3) is 5.91 Å². The van der Waals surface area contributed by atoms with Crippen LogP contribution in [-0.4, -0.2) is 44.2 Å². The summed E-state index contributed by atoms with van der Waals surface area (Å²) in [6, 6.07) is 9.28. The van der Waals surface area contributed by atoms with E-state index in [1.54, 1.807) is 0 Å². The van der Waals surface area contributed by atoms with Crippen LogP contribution in [-0.2, 0) is 30.8 Å². The van der Waals surface area contributed by atoms with Crippen LogP contribution in [0.15, 0.2) is 47.4 Å². The Balaban J connectivity index is 2.04. The molecular weight excluding hydrogens is 444 g/mol. The third-order valence-electron chi connectivity index (χ3n) is 4.49. The predicted octanol–water partition coefficient (Wildman–Crippen LogP) is 2.42. The lowest BCUT2D eigenvalue weighted by Crippen LogP contribution is -2.48. The number of carbonyl (C=O) groups excluding carboxylic acids is 2. The maximum Gasteiger partial charge on any atom is 0.327 e. The first kappa shape index (κ1) is 24.8. The van der Waals surface area contributed by atoms with E-state index in [2.05, 4.69) is 10.0 Å². The van der Waals surface area contributed by atoms with Crippen molar-refractivity contribution in [3.8, 4) is 0 Å². The number of rotatable bonds is 9. The maximum atomic E-state index is 12.5. The second-order valence-electron chi connectivity index (χ2n) is 6.91. The molecule has 0 unspecified atom stereocenters. The molecule has 2 atom stereocenters. The molecule has 0 spiro atoms. The topological polar surface area (TPSA) is 122 Å². The Hall–Kier alpha value is -2.46. The van der Waals surface area contributed by atoms with Gasteiger partial charge in [0.2, 0.25) is 10.0 Å². The quantitative estimate of drug-likeness (QED) is 0.486. The van der Waals surface area contributed by atoms with Gasteiger partial charge < -0.3 is 15.2 Å². The number of benzene rings is 2. The zero-order valence-corrected chi connectivity index (χ0v) is 19.0. The Bertz CT molecular complexity index is 1040. The maximum absolute atomic E-state index is 12.5. The fourth-order valence-electron chi connectivity index (χ4n) is 2.80. The van der Waals surface area contributed by atoms with Crippen LogP contribution < -0.4 is 10.0 Å². The molecule has 0 radical (unpaired) electrons. The molecule has 0 aliphatic heterocycles. The van der Waals surface area contributed by atoms with Crippen molar-refractivity contribution in [2.24, 2.45) is 0 Å². The lowest BCUT2D eigenvalue weighted by Gasteiger charge is -2.20. The van der Waals surface area contributed by atoms with Crippen LogP contribution in [0.5, 0.6) is 0 Å². The monoisotopic (exact) mass is 468 g/mol. The van der Waals surface area contributed by atoms with Crippen molar-refractivity contribution in [3.05, 3.63) is 58.6 Å². The predicted molar refractivity (Wildman–Crippen MR) is 117 cm³/mol. The van der Waals surface area contributed by atoms with Crippen LogP contribution in [0, 0.1) is 6.92 Å². The van der Waals surface area contributed by atoms with E-state index < -0.39 is 40.7 Å². The summed E-state index contributed by atoms with van der Waals surface area (Å²) in [5.41, 5.74) is 2.43. The average Bonchev–Trinajstić information content (AvgIpc) is 2.72. The first-order valence-corrected chi connectivity index (χ1v) is 11.4. The van der Waals surface area contributed by atoms with Crippen molar-refractivity contribution < 1.29 is 27.9 Å². The number of esters is 1. The molecule has 31 heavy (non-hydrogen) atoms. The van der Waals surface area contributed by atoms with Crippen LogP contribution in [0.25, 0.3) is 0 Å². The highest BCUT2D eigenvalue weighted by Crippen LogP contribution is 2.21. The average molecular weight is 469 g/mol. The molecule has 2 rings (SSSR count). The number of ether oxygens (including phenoxy) is 1. The lowest BCUT2D eigenvalue weighted by atomic mass is 10.1. The van der Waals surface area contributed by atoms with Gasteiger partial charge in [-0.05, 0) is 55.7 Å². The Kier molecular flexibility index (Phi) is 8.58. The van der Waals surface area contributed by atoms with Crippen molar-refractivity contribution in [2.45, 2.75) is 44.2 Å². The summed E-state index contributed by atoms with van der Waals surface area (Å²) in [4.78, 5) is 24.5. The molecule has 0 saturated heterocycles. The van der Waals surface area contributed by atoms with E-state index in [0.717, 1.165) is 11.1 Å². The molecule has 2 aromatic carbocycles. The van der Waals surface area contributed by atoms with Crippen molar-refractivity contribution >= 4 is 39.2 Å². The van der Waals surface area contributed by atoms with E-state index in [1.807, 2.05) is 32.0 Å². The van der Waals surface area contributed by atoms with E-state index in [9.17, 15) is 23.1 Å². The van der Waals surface area contributed by atoms with Gasteiger partial charge in [-0.2, -0.15) is 4.72 Å². The van der Waals surface area contributed by atoms with Crippen LogP contribution in [0.2, 0.25) is 5.02 Å². The third kappa shape index (κ3) is 6.76. The van der Waals surface area contributed by atoms with Gasteiger partial charge in [0.05, 0.1) is 11.0 Å². The standard InChI is InChI=1S/C21H25ClN2O6S/c1-4-15-7-5-6-13(2)19(15)23-18(26)12-30-21(27)20(14(3)25)24-31(28,29)17-10-8-16(22)9-11-17/h5-11,14,20,24-25H,4,12H2,1-3H3,(H,23,26)/t14-,20+/m1/s1. The number of aliphatic hydroxyl groups excluding tert-OH is 1. The number of sulfonamides is 1. The largest absolute Gasteiger partial charge is 0.454 e. The zero-order valence-electron chi connectivity index (χ0n) is 17.4. The van der Waals surface area contributed by atoms with Gasteiger partial charge in [-0.25, -0.2) is 8.42 Å². The van der Waals surface area contributed by atoms with E-state index in [4.69, 9.17) is 16.3 Å². The normalized spacial score (nSPS) is 13.3. The highest BCUT2D eigenvalue weighted by molar-refractivity contribution is 7.89. The molecule has 3 N–H and O–H groups in total. The minimum Gasteiger partial charge on any atom is -0.454 e. The van der Waals surface area contributed by atoms with Crippen molar-refractivity contribution in [2.75, 3.05) is 11.9 Å². The molecule has 0 saturated carbocycles. The molecular formula is C21H25ClN2O6S. The summed E-state index contributed by atoms with van der Waals surface area (Å²) < 4.78 is 32.1. The second-order valence-corrected chi connectivity index (χ2v) is 9.06. The summed E-state index contributed by atoms with van der Waals surface area (Å²) in [5, 5.41) is 12.9. The number of aliphatic hydroxyl groups is 1. The summed E-state index contributed by atoms with van der Waals surface area (Å²) in [6.07, 6.45) is -0.700. The first-order valence-electron chi connectivity index (χ1n) is 9.56. The minimum atomic E-state index is -4.14. The van der Waals surface area contributed by atoms with Gasteiger partial charge >= 0.3 is 5.97 Å². The fourth-order valence-corrected chi connectivity index (χ4v) is 4.18. The van der Waals surface area contributed by atoms with Gasteiger partial charge in [-0.1, -0.05) is 36.7 Å². The zero-order chi connectivity index (χ0) is 23.2. The number of hydrogen-bond donors (Lipinski definition) is 3. The molecule has 0 heterocycles. The van der Waals surface area contributed by atoms with Crippen LogP contribution in [0.3, 0.4) is 0 Å². The minimum absolute atomic E-state index is 0.139.